The third-order valence-electron chi connectivity index (χ3n) is 5.42. The molecule has 0 saturated heterocycles. The summed E-state index contributed by atoms with van der Waals surface area (Å²) in [6, 6.07) is 1.26. The molecule has 0 fully saturated rings. The van der Waals surface area contributed by atoms with Crippen LogP contribution in [0.15, 0.2) is 6.07 Å². The van der Waals surface area contributed by atoms with Gasteiger partial charge in [0.2, 0.25) is 5.91 Å². The third-order valence-corrected chi connectivity index (χ3v) is 5.42. The molecule has 0 spiro atoms. The quantitative estimate of drug-likeness (QED) is 0.757. The molecule has 0 bridgehead atoms. The van der Waals surface area contributed by atoms with Gasteiger partial charge in [0.25, 0.3) is 0 Å². The monoisotopic (exact) mass is 411 g/mol. The Kier molecular flexibility index (Phi) is 6.05. The SMILES string of the molecule is CCC(C(=O)NCC(C)Cn1nc(C)cc1C)n1nc(C(F)(F)F)c2c1CCC2. The zero-order valence-corrected chi connectivity index (χ0v) is 17.3. The standard InChI is InChI=1S/C20H28F3N5O/c1-5-16(28-17-8-6-7-15(17)18(26-28)20(21,22)23)19(29)24-10-12(2)11-27-14(4)9-13(3)25-27/h9,12,16H,5-8,10-11H2,1-4H3,(H,24,29). The van der Waals surface area contributed by atoms with Crippen LogP contribution in [0.4, 0.5) is 13.2 Å². The lowest BCUT2D eigenvalue weighted by Gasteiger charge is -2.20. The summed E-state index contributed by atoms with van der Waals surface area (Å²) in [7, 11) is 0. The highest BCUT2D eigenvalue weighted by Crippen LogP contribution is 2.37. The van der Waals surface area contributed by atoms with E-state index in [1.54, 1.807) is 6.92 Å². The summed E-state index contributed by atoms with van der Waals surface area (Å²) in [4.78, 5) is 12.8. The topological polar surface area (TPSA) is 64.7 Å². The number of hydrogen-bond donors (Lipinski definition) is 1. The molecule has 2 unspecified atom stereocenters. The van der Waals surface area contributed by atoms with Gasteiger partial charge in [-0.25, -0.2) is 0 Å². The molecule has 0 saturated carbocycles. The van der Waals surface area contributed by atoms with Crippen molar-refractivity contribution in [3.05, 3.63) is 34.4 Å². The summed E-state index contributed by atoms with van der Waals surface area (Å²) in [6.45, 7) is 8.79. The molecule has 1 N–H and O–H groups in total. The number of aryl methyl sites for hydroxylation is 2. The van der Waals surface area contributed by atoms with Crippen molar-refractivity contribution >= 4 is 5.91 Å². The van der Waals surface area contributed by atoms with Crippen LogP contribution in [-0.4, -0.2) is 32.0 Å². The van der Waals surface area contributed by atoms with Crippen molar-refractivity contribution in [2.24, 2.45) is 5.92 Å². The lowest BCUT2D eigenvalue weighted by atomic mass is 10.1. The fourth-order valence-corrected chi connectivity index (χ4v) is 4.03. The Morgan fingerprint density at radius 1 is 1.28 bits per heavy atom. The molecule has 2 aromatic heterocycles. The van der Waals surface area contributed by atoms with Crippen molar-refractivity contribution in [1.82, 2.24) is 24.9 Å². The first-order valence-electron chi connectivity index (χ1n) is 10.1. The van der Waals surface area contributed by atoms with Gasteiger partial charge < -0.3 is 5.32 Å². The van der Waals surface area contributed by atoms with Crippen molar-refractivity contribution in [3.8, 4) is 0 Å². The van der Waals surface area contributed by atoms with E-state index in [-0.39, 0.29) is 17.4 Å². The second-order valence-corrected chi connectivity index (χ2v) is 7.95. The van der Waals surface area contributed by atoms with E-state index in [0.29, 0.717) is 44.5 Å². The Bertz CT molecular complexity index is 884. The molecule has 29 heavy (non-hydrogen) atoms. The van der Waals surface area contributed by atoms with Crippen molar-refractivity contribution in [3.63, 3.8) is 0 Å². The van der Waals surface area contributed by atoms with Crippen LogP contribution in [0, 0.1) is 19.8 Å². The van der Waals surface area contributed by atoms with Gasteiger partial charge in [-0.2, -0.15) is 23.4 Å². The minimum absolute atomic E-state index is 0.128. The van der Waals surface area contributed by atoms with Gasteiger partial charge in [-0.1, -0.05) is 13.8 Å². The number of nitrogens with zero attached hydrogens (tertiary/aromatic N) is 4. The Morgan fingerprint density at radius 2 is 2.00 bits per heavy atom. The second-order valence-electron chi connectivity index (χ2n) is 7.95. The van der Waals surface area contributed by atoms with Crippen molar-refractivity contribution in [2.75, 3.05) is 6.54 Å². The van der Waals surface area contributed by atoms with Crippen LogP contribution in [0.3, 0.4) is 0 Å². The number of rotatable bonds is 7. The Balaban J connectivity index is 1.69. The van der Waals surface area contributed by atoms with Gasteiger partial charge in [-0.15, -0.1) is 0 Å². The number of fused-ring (bicyclic) bond motifs is 1. The van der Waals surface area contributed by atoms with Crippen molar-refractivity contribution in [1.29, 1.82) is 0 Å². The number of carbonyl (C=O) groups is 1. The van der Waals surface area contributed by atoms with Crippen LogP contribution in [0.25, 0.3) is 0 Å². The van der Waals surface area contributed by atoms with Crippen LogP contribution < -0.4 is 5.32 Å². The molecule has 0 aromatic carbocycles. The van der Waals surface area contributed by atoms with E-state index in [0.717, 1.165) is 11.4 Å². The highest BCUT2D eigenvalue weighted by atomic mass is 19.4. The van der Waals surface area contributed by atoms with Gasteiger partial charge >= 0.3 is 6.18 Å². The summed E-state index contributed by atoms with van der Waals surface area (Å²) < 4.78 is 43.2. The average molecular weight is 411 g/mol. The molecule has 1 amide bonds. The zero-order valence-electron chi connectivity index (χ0n) is 17.3. The van der Waals surface area contributed by atoms with E-state index in [9.17, 15) is 18.0 Å². The predicted octanol–water partition coefficient (Wildman–Crippen LogP) is 3.61. The fraction of sp³-hybridized carbons (Fsp3) is 0.650. The van der Waals surface area contributed by atoms with E-state index in [1.807, 2.05) is 31.5 Å². The lowest BCUT2D eigenvalue weighted by Crippen LogP contribution is -2.37. The molecule has 1 aliphatic carbocycles. The smallest absolute Gasteiger partial charge is 0.354 e. The molecular weight excluding hydrogens is 383 g/mol. The number of amides is 1. The summed E-state index contributed by atoms with van der Waals surface area (Å²) in [5, 5.41) is 11.1. The van der Waals surface area contributed by atoms with Gasteiger partial charge in [-0.3, -0.25) is 14.2 Å². The van der Waals surface area contributed by atoms with E-state index in [4.69, 9.17) is 0 Å². The molecule has 0 radical (unpaired) electrons. The average Bonchev–Trinajstić information content (AvgIpc) is 3.30. The maximum atomic E-state index is 13.3. The number of carbonyl (C=O) groups excluding carboxylic acids is 1. The number of alkyl halides is 3. The van der Waals surface area contributed by atoms with E-state index >= 15 is 0 Å². The predicted molar refractivity (Wildman–Crippen MR) is 102 cm³/mol. The van der Waals surface area contributed by atoms with Crippen LogP contribution >= 0.6 is 0 Å². The minimum Gasteiger partial charge on any atom is -0.354 e. The van der Waals surface area contributed by atoms with Gasteiger partial charge in [0.1, 0.15) is 6.04 Å². The van der Waals surface area contributed by atoms with E-state index in [2.05, 4.69) is 15.5 Å². The normalized spacial score (nSPS) is 16.0. The second kappa shape index (κ2) is 8.20. The molecular formula is C20H28F3N5O. The summed E-state index contributed by atoms with van der Waals surface area (Å²) in [5.41, 5.74) is 1.96. The number of nitrogens with one attached hydrogen (secondary N) is 1. The first-order valence-corrected chi connectivity index (χ1v) is 10.1. The number of hydrogen-bond acceptors (Lipinski definition) is 3. The summed E-state index contributed by atoms with van der Waals surface area (Å²) in [6.07, 6.45) is -2.57. The molecule has 3 rings (SSSR count). The lowest BCUT2D eigenvalue weighted by molar-refractivity contribution is -0.142. The first-order chi connectivity index (χ1) is 13.6. The van der Waals surface area contributed by atoms with Gasteiger partial charge in [-0.05, 0) is 51.5 Å². The molecule has 0 aliphatic heterocycles. The Morgan fingerprint density at radius 3 is 2.59 bits per heavy atom. The molecule has 2 aromatic rings. The molecule has 2 heterocycles. The van der Waals surface area contributed by atoms with Gasteiger partial charge in [0.05, 0.1) is 5.69 Å². The zero-order chi connectivity index (χ0) is 21.3. The van der Waals surface area contributed by atoms with E-state index < -0.39 is 17.9 Å². The first kappa shape index (κ1) is 21.4. The highest BCUT2D eigenvalue weighted by molar-refractivity contribution is 5.80. The Hall–Kier alpha value is -2.32. The van der Waals surface area contributed by atoms with Gasteiger partial charge in [0.15, 0.2) is 5.69 Å². The highest BCUT2D eigenvalue weighted by Gasteiger charge is 2.41. The van der Waals surface area contributed by atoms with Crippen LogP contribution in [0.5, 0.6) is 0 Å². The molecule has 2 atom stereocenters. The maximum absolute atomic E-state index is 13.3. The fourth-order valence-electron chi connectivity index (χ4n) is 4.03. The van der Waals surface area contributed by atoms with Crippen LogP contribution in [-0.2, 0) is 30.4 Å². The Labute approximate surface area is 168 Å². The molecule has 160 valence electrons. The minimum atomic E-state index is -4.50. The molecule has 9 heteroatoms. The molecule has 1 aliphatic rings. The van der Waals surface area contributed by atoms with Crippen molar-refractivity contribution < 1.29 is 18.0 Å². The number of halogens is 3. The van der Waals surface area contributed by atoms with Crippen LogP contribution in [0.2, 0.25) is 0 Å². The van der Waals surface area contributed by atoms with Crippen molar-refractivity contribution in [2.45, 2.75) is 72.1 Å². The van der Waals surface area contributed by atoms with Gasteiger partial charge in [0, 0.05) is 30.0 Å². The summed E-state index contributed by atoms with van der Waals surface area (Å²) in [5.74, 6) is -0.165. The maximum Gasteiger partial charge on any atom is 0.435 e. The summed E-state index contributed by atoms with van der Waals surface area (Å²) >= 11 is 0. The van der Waals surface area contributed by atoms with Crippen LogP contribution in [0.1, 0.15) is 61.1 Å². The van der Waals surface area contributed by atoms with E-state index in [1.165, 1.54) is 4.68 Å². The number of aromatic nitrogens is 4. The third kappa shape index (κ3) is 4.48. The largest absolute Gasteiger partial charge is 0.435 e. The molecule has 6 nitrogen and oxygen atoms in total.